The van der Waals surface area contributed by atoms with Crippen LogP contribution in [0.2, 0.25) is 0 Å². The zero-order valence-electron chi connectivity index (χ0n) is 4.24. The second-order valence-electron chi connectivity index (χ2n) is 0.689. The van der Waals surface area contributed by atoms with E-state index in [1.54, 1.807) is 0 Å². The molecule has 0 amide bonds. The summed E-state index contributed by atoms with van der Waals surface area (Å²) in [7, 11) is 0. The molecule has 0 rings (SSSR count). The van der Waals surface area contributed by atoms with Crippen LogP contribution in [0.15, 0.2) is 0 Å². The largest absolute Gasteiger partial charge is 1.00 e. The van der Waals surface area contributed by atoms with Crippen LogP contribution in [0, 0.1) is 0 Å². The molecule has 0 atom stereocenters. The Labute approximate surface area is 65.7 Å². The van der Waals surface area contributed by atoms with Gasteiger partial charge in [-0.15, -0.1) is 11.6 Å². The maximum absolute atomic E-state index is 5.19. The molecule has 34 valence electrons. The van der Waals surface area contributed by atoms with Crippen molar-refractivity contribution < 1.29 is 35.0 Å². The number of alkyl halides is 1. The van der Waals surface area contributed by atoms with Gasteiger partial charge in [-0.2, -0.15) is 0 Å². The topological polar surface area (TPSA) is 30.0 Å². The SMILES string of the molecule is CCCCl.[Na+].[OH-]. The van der Waals surface area contributed by atoms with E-state index in [1.165, 1.54) is 0 Å². The van der Waals surface area contributed by atoms with Gasteiger partial charge in [0.1, 0.15) is 0 Å². The molecule has 0 unspecified atom stereocenters. The molecule has 0 heterocycles. The summed E-state index contributed by atoms with van der Waals surface area (Å²) >= 11 is 5.19. The Morgan fingerprint density at radius 1 is 1.50 bits per heavy atom. The molecule has 1 nitrogen and oxygen atoms in total. The summed E-state index contributed by atoms with van der Waals surface area (Å²) in [5.41, 5.74) is 0. The Balaban J connectivity index is -0.0000000450. The van der Waals surface area contributed by atoms with E-state index in [9.17, 15) is 0 Å². The summed E-state index contributed by atoms with van der Waals surface area (Å²) in [6.07, 6.45) is 1.08. The molecule has 0 radical (unpaired) electrons. The third-order valence-electron chi connectivity index (χ3n) is 0.189. The van der Waals surface area contributed by atoms with Gasteiger partial charge in [0.25, 0.3) is 0 Å². The molecule has 0 aliphatic rings. The van der Waals surface area contributed by atoms with Crippen LogP contribution in [-0.2, 0) is 0 Å². The summed E-state index contributed by atoms with van der Waals surface area (Å²) in [6, 6.07) is 0. The van der Waals surface area contributed by atoms with Crippen LogP contribution >= 0.6 is 11.6 Å². The maximum Gasteiger partial charge on any atom is 1.00 e. The van der Waals surface area contributed by atoms with E-state index >= 15 is 0 Å². The van der Waals surface area contributed by atoms with Crippen LogP contribution in [0.3, 0.4) is 0 Å². The van der Waals surface area contributed by atoms with Gasteiger partial charge in [0.15, 0.2) is 0 Å². The van der Waals surface area contributed by atoms with Gasteiger partial charge in [-0.1, -0.05) is 6.92 Å². The van der Waals surface area contributed by atoms with Crippen molar-refractivity contribution in [3.8, 4) is 0 Å². The fraction of sp³-hybridized carbons (Fsp3) is 1.00. The quantitative estimate of drug-likeness (QED) is 0.303. The number of hydrogen-bond acceptors (Lipinski definition) is 1. The molecule has 0 aliphatic heterocycles. The second-order valence-corrected chi connectivity index (χ2v) is 1.07. The molecular weight excluding hydrogens is 110 g/mol. The Morgan fingerprint density at radius 3 is 1.67 bits per heavy atom. The van der Waals surface area contributed by atoms with E-state index in [-0.39, 0.29) is 35.0 Å². The molecule has 6 heavy (non-hydrogen) atoms. The first kappa shape index (κ1) is 15.7. The normalized spacial score (nSPS) is 5.00. The zero-order chi connectivity index (χ0) is 3.41. The van der Waals surface area contributed by atoms with E-state index in [2.05, 4.69) is 0 Å². The van der Waals surface area contributed by atoms with Crippen molar-refractivity contribution in [3.63, 3.8) is 0 Å². The van der Waals surface area contributed by atoms with Gasteiger partial charge in [0, 0.05) is 5.88 Å². The molecule has 1 N–H and O–H groups in total. The number of hydrogen-bond donors (Lipinski definition) is 0. The monoisotopic (exact) mass is 118 g/mol. The fourth-order valence-electron chi connectivity index (χ4n) is 0. The zero-order valence-corrected chi connectivity index (χ0v) is 7.00. The van der Waals surface area contributed by atoms with Crippen LogP contribution in [0.1, 0.15) is 13.3 Å². The molecular formula is C3H8ClNaO. The molecule has 0 spiro atoms. The third-order valence-corrected chi connectivity index (χ3v) is 0.567. The number of halogens is 1. The Hall–Kier alpha value is 1.25. The smallest absolute Gasteiger partial charge is 0.870 e. The molecule has 0 bridgehead atoms. The Kier molecular flexibility index (Phi) is 42.6. The van der Waals surface area contributed by atoms with Crippen molar-refractivity contribution >= 4 is 11.6 Å². The van der Waals surface area contributed by atoms with Gasteiger partial charge >= 0.3 is 29.6 Å². The van der Waals surface area contributed by atoms with Crippen LogP contribution in [-0.4, -0.2) is 11.4 Å². The van der Waals surface area contributed by atoms with Crippen molar-refractivity contribution in [2.24, 2.45) is 0 Å². The first-order valence-electron chi connectivity index (χ1n) is 1.47. The molecule has 3 heteroatoms. The summed E-state index contributed by atoms with van der Waals surface area (Å²) < 4.78 is 0. The van der Waals surface area contributed by atoms with Crippen molar-refractivity contribution in [1.82, 2.24) is 0 Å². The first-order chi connectivity index (χ1) is 1.91. The van der Waals surface area contributed by atoms with Gasteiger partial charge in [-0.25, -0.2) is 0 Å². The van der Waals surface area contributed by atoms with Crippen LogP contribution in [0.5, 0.6) is 0 Å². The summed E-state index contributed by atoms with van der Waals surface area (Å²) in [6.45, 7) is 2.05. The van der Waals surface area contributed by atoms with E-state index in [1.807, 2.05) is 6.92 Å². The van der Waals surface area contributed by atoms with Crippen molar-refractivity contribution in [1.29, 1.82) is 0 Å². The summed E-state index contributed by atoms with van der Waals surface area (Å²) in [5, 5.41) is 0. The minimum atomic E-state index is 0. The van der Waals surface area contributed by atoms with Crippen LogP contribution < -0.4 is 29.6 Å². The van der Waals surface area contributed by atoms with Gasteiger partial charge in [0.2, 0.25) is 0 Å². The molecule has 0 saturated carbocycles. The van der Waals surface area contributed by atoms with E-state index in [0.29, 0.717) is 0 Å². The fourth-order valence-corrected chi connectivity index (χ4v) is 0. The van der Waals surface area contributed by atoms with Gasteiger partial charge < -0.3 is 5.48 Å². The Bertz CT molecular complexity index is 12.8. The third kappa shape index (κ3) is 18.7. The van der Waals surface area contributed by atoms with Crippen molar-refractivity contribution in [2.45, 2.75) is 13.3 Å². The molecule has 0 saturated heterocycles. The molecule has 0 aromatic heterocycles. The van der Waals surface area contributed by atoms with E-state index < -0.39 is 0 Å². The predicted molar refractivity (Wildman–Crippen MR) is 22.9 cm³/mol. The second kappa shape index (κ2) is 16.3. The van der Waals surface area contributed by atoms with Crippen molar-refractivity contribution in [3.05, 3.63) is 0 Å². The van der Waals surface area contributed by atoms with E-state index in [0.717, 1.165) is 12.3 Å². The van der Waals surface area contributed by atoms with Gasteiger partial charge in [-0.3, -0.25) is 0 Å². The standard InChI is InChI=1S/C3H7Cl.Na.H2O/c1-2-3-4;;/h2-3H2,1H3;;1H2/q;+1;/p-1. The average molecular weight is 119 g/mol. The predicted octanol–water partition coefficient (Wildman–Crippen LogP) is -1.54. The minimum Gasteiger partial charge on any atom is -0.870 e. The molecule has 0 aromatic rings. The maximum atomic E-state index is 5.19. The minimum absolute atomic E-state index is 0. The number of rotatable bonds is 1. The van der Waals surface area contributed by atoms with Crippen molar-refractivity contribution in [2.75, 3.05) is 5.88 Å². The summed E-state index contributed by atoms with van der Waals surface area (Å²) in [5.74, 6) is 0.792. The summed E-state index contributed by atoms with van der Waals surface area (Å²) in [4.78, 5) is 0. The van der Waals surface area contributed by atoms with Gasteiger partial charge in [-0.05, 0) is 6.42 Å². The van der Waals surface area contributed by atoms with Crippen LogP contribution in [0.4, 0.5) is 0 Å². The Morgan fingerprint density at radius 2 is 1.67 bits per heavy atom. The van der Waals surface area contributed by atoms with Crippen LogP contribution in [0.25, 0.3) is 0 Å². The average Bonchev–Trinajstić information content (AvgIpc) is 1.37. The molecule has 0 fully saturated rings. The molecule has 0 aliphatic carbocycles. The van der Waals surface area contributed by atoms with E-state index in [4.69, 9.17) is 11.6 Å². The van der Waals surface area contributed by atoms with Gasteiger partial charge in [0.05, 0.1) is 0 Å². The molecule has 0 aromatic carbocycles. The first-order valence-corrected chi connectivity index (χ1v) is 2.01.